The Kier molecular flexibility index (Phi) is 4.23. The number of aromatic nitrogens is 2. The van der Waals surface area contributed by atoms with Gasteiger partial charge < -0.3 is 5.32 Å². The molecule has 5 nitrogen and oxygen atoms in total. The first kappa shape index (κ1) is 15.4. The molecule has 2 aromatic rings. The van der Waals surface area contributed by atoms with Gasteiger partial charge in [0.25, 0.3) is 5.56 Å². The molecule has 1 aliphatic rings. The molecule has 23 heavy (non-hydrogen) atoms. The van der Waals surface area contributed by atoms with Crippen LogP contribution in [0.4, 0.5) is 10.1 Å². The van der Waals surface area contributed by atoms with Crippen molar-refractivity contribution in [2.45, 2.75) is 32.7 Å². The average Bonchev–Trinajstić information content (AvgIpc) is 2.50. The fourth-order valence-corrected chi connectivity index (χ4v) is 2.80. The minimum atomic E-state index is -0.371. The van der Waals surface area contributed by atoms with E-state index in [4.69, 9.17) is 0 Å². The molecular formula is C17H18FN3O2. The predicted octanol–water partition coefficient (Wildman–Crippen LogP) is 2.15. The Balaban J connectivity index is 1.73. The molecule has 0 bridgehead atoms. The molecule has 1 aromatic carbocycles. The molecule has 1 heterocycles. The zero-order valence-electron chi connectivity index (χ0n) is 12.9. The van der Waals surface area contributed by atoms with Crippen LogP contribution in [0.5, 0.6) is 0 Å². The van der Waals surface area contributed by atoms with Crippen molar-refractivity contribution >= 4 is 11.6 Å². The quantitative estimate of drug-likeness (QED) is 0.944. The van der Waals surface area contributed by atoms with Gasteiger partial charge >= 0.3 is 0 Å². The standard InChI is InChI=1S/C17H18FN3O2/c1-11-2-7-15-12(8-11)9-17(23)21(20-15)10-16(22)19-14-5-3-13(18)4-6-14/h3-6,9,11H,2,7-8,10H2,1H3,(H,19,22)/t11-/m0/s1. The molecule has 1 amide bonds. The summed E-state index contributed by atoms with van der Waals surface area (Å²) in [5.74, 6) is -0.179. The van der Waals surface area contributed by atoms with Crippen LogP contribution in [0.3, 0.4) is 0 Å². The summed E-state index contributed by atoms with van der Waals surface area (Å²) >= 11 is 0. The maximum atomic E-state index is 12.8. The van der Waals surface area contributed by atoms with Crippen molar-refractivity contribution < 1.29 is 9.18 Å². The van der Waals surface area contributed by atoms with Gasteiger partial charge in [0.2, 0.25) is 5.91 Å². The summed E-state index contributed by atoms with van der Waals surface area (Å²) in [5, 5.41) is 6.95. The highest BCUT2D eigenvalue weighted by atomic mass is 19.1. The molecule has 1 N–H and O–H groups in total. The van der Waals surface area contributed by atoms with E-state index < -0.39 is 0 Å². The Labute approximate surface area is 133 Å². The van der Waals surface area contributed by atoms with Gasteiger partial charge in [-0.1, -0.05) is 6.92 Å². The summed E-state index contributed by atoms with van der Waals surface area (Å²) in [4.78, 5) is 24.1. The van der Waals surface area contributed by atoms with Crippen LogP contribution in [-0.2, 0) is 24.2 Å². The van der Waals surface area contributed by atoms with Crippen LogP contribution in [0.2, 0.25) is 0 Å². The van der Waals surface area contributed by atoms with Crippen molar-refractivity contribution in [1.29, 1.82) is 0 Å². The van der Waals surface area contributed by atoms with Gasteiger partial charge in [-0.3, -0.25) is 9.59 Å². The third-order valence-corrected chi connectivity index (χ3v) is 4.03. The largest absolute Gasteiger partial charge is 0.324 e. The number of hydrogen-bond donors (Lipinski definition) is 1. The minimum Gasteiger partial charge on any atom is -0.324 e. The number of rotatable bonds is 3. The third kappa shape index (κ3) is 3.64. The molecule has 0 saturated carbocycles. The van der Waals surface area contributed by atoms with Gasteiger partial charge in [0.1, 0.15) is 12.4 Å². The van der Waals surface area contributed by atoms with Crippen LogP contribution in [0.15, 0.2) is 35.1 Å². The number of carbonyl (C=O) groups excluding carboxylic acids is 1. The Morgan fingerprint density at radius 1 is 1.39 bits per heavy atom. The number of amides is 1. The third-order valence-electron chi connectivity index (χ3n) is 4.03. The Morgan fingerprint density at radius 3 is 2.87 bits per heavy atom. The number of nitrogens with zero attached hydrogens (tertiary/aromatic N) is 2. The van der Waals surface area contributed by atoms with Gasteiger partial charge in [0.05, 0.1) is 5.69 Å². The van der Waals surface area contributed by atoms with E-state index in [0.717, 1.165) is 30.5 Å². The molecule has 0 aliphatic heterocycles. The first-order valence-electron chi connectivity index (χ1n) is 7.66. The van der Waals surface area contributed by atoms with Gasteiger partial charge in [0, 0.05) is 11.8 Å². The van der Waals surface area contributed by atoms with Crippen molar-refractivity contribution in [1.82, 2.24) is 9.78 Å². The fourth-order valence-electron chi connectivity index (χ4n) is 2.80. The molecule has 0 spiro atoms. The number of anilines is 1. The molecule has 3 rings (SSSR count). The van der Waals surface area contributed by atoms with Gasteiger partial charge in [-0.25, -0.2) is 9.07 Å². The van der Waals surface area contributed by atoms with E-state index in [-0.39, 0.29) is 23.8 Å². The summed E-state index contributed by atoms with van der Waals surface area (Å²) < 4.78 is 14.0. The second-order valence-corrected chi connectivity index (χ2v) is 6.02. The summed E-state index contributed by atoms with van der Waals surface area (Å²) in [5.41, 5.74) is 2.10. The van der Waals surface area contributed by atoms with Crippen molar-refractivity contribution in [2.24, 2.45) is 5.92 Å². The zero-order chi connectivity index (χ0) is 16.4. The lowest BCUT2D eigenvalue weighted by molar-refractivity contribution is -0.117. The predicted molar refractivity (Wildman–Crippen MR) is 84.7 cm³/mol. The fraction of sp³-hybridized carbons (Fsp3) is 0.353. The monoisotopic (exact) mass is 315 g/mol. The van der Waals surface area contributed by atoms with E-state index in [2.05, 4.69) is 17.3 Å². The van der Waals surface area contributed by atoms with Crippen molar-refractivity contribution in [2.75, 3.05) is 5.32 Å². The lowest BCUT2D eigenvalue weighted by atomic mass is 9.88. The van der Waals surface area contributed by atoms with Gasteiger partial charge in [-0.2, -0.15) is 5.10 Å². The molecule has 1 atom stereocenters. The molecule has 1 aromatic heterocycles. The van der Waals surface area contributed by atoms with E-state index >= 15 is 0 Å². The van der Waals surface area contributed by atoms with Crippen LogP contribution in [-0.4, -0.2) is 15.7 Å². The molecule has 0 fully saturated rings. The second-order valence-electron chi connectivity index (χ2n) is 6.02. The highest BCUT2D eigenvalue weighted by molar-refractivity contribution is 5.90. The average molecular weight is 315 g/mol. The van der Waals surface area contributed by atoms with E-state index in [0.29, 0.717) is 11.6 Å². The van der Waals surface area contributed by atoms with Gasteiger partial charge in [-0.05, 0) is 55.0 Å². The molecule has 0 saturated heterocycles. The molecule has 0 unspecified atom stereocenters. The summed E-state index contributed by atoms with van der Waals surface area (Å²) in [6.07, 6.45) is 2.73. The number of aryl methyl sites for hydroxylation is 1. The van der Waals surface area contributed by atoms with E-state index in [1.165, 1.54) is 28.9 Å². The zero-order valence-corrected chi connectivity index (χ0v) is 12.9. The highest BCUT2D eigenvalue weighted by Gasteiger charge is 2.18. The van der Waals surface area contributed by atoms with E-state index in [1.54, 1.807) is 6.07 Å². The van der Waals surface area contributed by atoms with Crippen LogP contribution < -0.4 is 10.9 Å². The number of fused-ring (bicyclic) bond motifs is 1. The number of nitrogens with one attached hydrogen (secondary N) is 1. The maximum absolute atomic E-state index is 12.8. The summed E-state index contributed by atoms with van der Waals surface area (Å²) in [6, 6.07) is 7.05. The number of benzene rings is 1. The second kappa shape index (κ2) is 6.32. The Hall–Kier alpha value is -2.50. The van der Waals surface area contributed by atoms with Crippen LogP contribution >= 0.6 is 0 Å². The lowest BCUT2D eigenvalue weighted by Crippen LogP contribution is -2.32. The molecule has 120 valence electrons. The van der Waals surface area contributed by atoms with Gasteiger partial charge in [-0.15, -0.1) is 0 Å². The smallest absolute Gasteiger partial charge is 0.267 e. The highest BCUT2D eigenvalue weighted by Crippen LogP contribution is 2.22. The Morgan fingerprint density at radius 2 is 2.13 bits per heavy atom. The lowest BCUT2D eigenvalue weighted by Gasteiger charge is -2.20. The molecule has 1 aliphatic carbocycles. The molecular weight excluding hydrogens is 297 g/mol. The summed E-state index contributed by atoms with van der Waals surface area (Å²) in [7, 11) is 0. The first-order valence-corrected chi connectivity index (χ1v) is 7.66. The van der Waals surface area contributed by atoms with Crippen LogP contribution in [0, 0.1) is 11.7 Å². The Bertz CT molecular complexity index is 783. The number of carbonyl (C=O) groups is 1. The normalized spacial score (nSPS) is 16.7. The topological polar surface area (TPSA) is 64.0 Å². The van der Waals surface area contributed by atoms with Crippen LogP contribution in [0.1, 0.15) is 24.6 Å². The molecule has 0 radical (unpaired) electrons. The van der Waals surface area contributed by atoms with Crippen molar-refractivity contribution in [3.8, 4) is 0 Å². The minimum absolute atomic E-state index is 0.154. The first-order chi connectivity index (χ1) is 11.0. The SMILES string of the molecule is C[C@H]1CCc2nn(CC(=O)Nc3ccc(F)cc3)c(=O)cc2C1. The van der Waals surface area contributed by atoms with Crippen molar-refractivity contribution in [3.05, 3.63) is 57.8 Å². The summed E-state index contributed by atoms with van der Waals surface area (Å²) in [6.45, 7) is 2.00. The van der Waals surface area contributed by atoms with E-state index in [1.807, 2.05) is 0 Å². The van der Waals surface area contributed by atoms with E-state index in [9.17, 15) is 14.0 Å². The maximum Gasteiger partial charge on any atom is 0.267 e. The van der Waals surface area contributed by atoms with Crippen molar-refractivity contribution in [3.63, 3.8) is 0 Å². The number of halogens is 1. The molecule has 6 heteroatoms. The number of hydrogen-bond acceptors (Lipinski definition) is 3. The van der Waals surface area contributed by atoms with Crippen LogP contribution in [0.25, 0.3) is 0 Å². The van der Waals surface area contributed by atoms with Gasteiger partial charge in [0.15, 0.2) is 0 Å².